The molecule has 8 heteroatoms. The number of ether oxygens (including phenoxy) is 2. The number of hydrogen-bond donors (Lipinski definition) is 1. The van der Waals surface area contributed by atoms with Gasteiger partial charge in [-0.25, -0.2) is 0 Å². The van der Waals surface area contributed by atoms with Gasteiger partial charge in [0.05, 0.1) is 12.6 Å². The lowest BCUT2D eigenvalue weighted by atomic mass is 9.97. The third-order valence-electron chi connectivity index (χ3n) is 6.15. The summed E-state index contributed by atoms with van der Waals surface area (Å²) < 4.78 is 13.1. The molecule has 0 aliphatic carbocycles. The van der Waals surface area contributed by atoms with E-state index in [1.807, 2.05) is 71.8 Å². The number of amides is 1. The molecule has 0 saturated heterocycles. The molecule has 2 aliphatic heterocycles. The highest BCUT2D eigenvalue weighted by Crippen LogP contribution is 2.37. The van der Waals surface area contributed by atoms with E-state index < -0.39 is 23.1 Å². The van der Waals surface area contributed by atoms with Gasteiger partial charge in [-0.05, 0) is 17.7 Å². The number of carbonyl (C=O) groups is 1. The maximum absolute atomic E-state index is 13.6. The molecule has 1 amide bonds. The van der Waals surface area contributed by atoms with Gasteiger partial charge in [-0.2, -0.15) is 0 Å². The molecule has 2 bridgehead atoms. The number of aromatic nitrogens is 1. The molecule has 2 atom stereocenters. The first-order chi connectivity index (χ1) is 16.6. The molecule has 3 heterocycles. The topological polar surface area (TPSA) is 84.2 Å². The summed E-state index contributed by atoms with van der Waals surface area (Å²) >= 11 is 0. The van der Waals surface area contributed by atoms with Gasteiger partial charge in [-0.3, -0.25) is 19.3 Å². The van der Waals surface area contributed by atoms with Crippen molar-refractivity contribution in [1.82, 2.24) is 9.58 Å². The van der Waals surface area contributed by atoms with Gasteiger partial charge in [0.25, 0.3) is 5.91 Å². The second kappa shape index (κ2) is 9.07. The van der Waals surface area contributed by atoms with Crippen LogP contribution in [0.2, 0.25) is 0 Å². The lowest BCUT2D eigenvalue weighted by Crippen LogP contribution is -2.58. The number of rotatable bonds is 3. The SMILES string of the molecule is COC[C@@H]1/C=C\COc2ccccc2[C@H](c2ccccc2)N2CN1C(=O)c1c(O)c(=O)ccn12. The van der Waals surface area contributed by atoms with Crippen LogP contribution in [0.15, 0.2) is 83.8 Å². The molecule has 0 unspecified atom stereocenters. The van der Waals surface area contributed by atoms with Crippen molar-refractivity contribution in [2.75, 3.05) is 32.0 Å². The Labute approximate surface area is 196 Å². The number of carbonyl (C=O) groups excluding carboxylic acids is 1. The third kappa shape index (κ3) is 3.72. The predicted molar refractivity (Wildman–Crippen MR) is 127 cm³/mol. The van der Waals surface area contributed by atoms with Crippen LogP contribution in [-0.4, -0.2) is 53.6 Å². The fourth-order valence-corrected chi connectivity index (χ4v) is 4.57. The van der Waals surface area contributed by atoms with Crippen LogP contribution in [0.1, 0.15) is 27.7 Å². The van der Waals surface area contributed by atoms with Crippen LogP contribution in [0.25, 0.3) is 0 Å². The van der Waals surface area contributed by atoms with E-state index in [0.717, 1.165) is 11.1 Å². The number of benzene rings is 2. The molecule has 1 N–H and O–H groups in total. The summed E-state index contributed by atoms with van der Waals surface area (Å²) in [7, 11) is 1.57. The quantitative estimate of drug-likeness (QED) is 0.607. The van der Waals surface area contributed by atoms with E-state index in [0.29, 0.717) is 12.4 Å². The first-order valence-corrected chi connectivity index (χ1v) is 11.0. The average Bonchev–Trinajstić information content (AvgIpc) is 2.88. The number of pyridine rings is 1. The van der Waals surface area contributed by atoms with Gasteiger partial charge in [0.15, 0.2) is 11.4 Å². The van der Waals surface area contributed by atoms with E-state index in [9.17, 15) is 14.7 Å². The van der Waals surface area contributed by atoms with Crippen molar-refractivity contribution in [3.05, 3.63) is 106 Å². The van der Waals surface area contributed by atoms with Crippen LogP contribution in [0.4, 0.5) is 0 Å². The van der Waals surface area contributed by atoms with Crippen LogP contribution in [0, 0.1) is 0 Å². The van der Waals surface area contributed by atoms with E-state index in [1.54, 1.807) is 16.7 Å². The van der Waals surface area contributed by atoms with Gasteiger partial charge in [-0.15, -0.1) is 0 Å². The molecule has 34 heavy (non-hydrogen) atoms. The molecule has 0 saturated carbocycles. The van der Waals surface area contributed by atoms with Crippen LogP contribution >= 0.6 is 0 Å². The normalized spacial score (nSPS) is 20.6. The number of fused-ring (bicyclic) bond motifs is 5. The van der Waals surface area contributed by atoms with E-state index in [1.165, 1.54) is 12.3 Å². The van der Waals surface area contributed by atoms with E-state index in [2.05, 4.69) is 0 Å². The highest BCUT2D eigenvalue weighted by molar-refractivity contribution is 5.96. The number of aromatic hydroxyl groups is 1. The van der Waals surface area contributed by atoms with Crippen LogP contribution in [0.3, 0.4) is 0 Å². The molecule has 2 aliphatic rings. The minimum Gasteiger partial charge on any atom is -0.502 e. The molecular formula is C26H25N3O5. The third-order valence-corrected chi connectivity index (χ3v) is 6.15. The van der Waals surface area contributed by atoms with Gasteiger partial charge in [0, 0.05) is 24.9 Å². The largest absolute Gasteiger partial charge is 0.502 e. The second-order valence-corrected chi connectivity index (χ2v) is 8.19. The highest BCUT2D eigenvalue weighted by atomic mass is 16.5. The molecule has 0 spiro atoms. The maximum Gasteiger partial charge on any atom is 0.278 e. The Balaban J connectivity index is 1.80. The molecule has 0 fully saturated rings. The summed E-state index contributed by atoms with van der Waals surface area (Å²) in [6.45, 7) is 0.758. The van der Waals surface area contributed by atoms with Gasteiger partial charge in [-0.1, -0.05) is 54.6 Å². The van der Waals surface area contributed by atoms with Gasteiger partial charge in [0.2, 0.25) is 5.43 Å². The Hall–Kier alpha value is -4.04. The van der Waals surface area contributed by atoms with Crippen molar-refractivity contribution in [2.24, 2.45) is 0 Å². The fourth-order valence-electron chi connectivity index (χ4n) is 4.57. The van der Waals surface area contributed by atoms with Crippen LogP contribution in [0.5, 0.6) is 11.5 Å². The zero-order valence-corrected chi connectivity index (χ0v) is 18.7. The molecule has 5 rings (SSSR count). The summed E-state index contributed by atoms with van der Waals surface area (Å²) in [5, 5.41) is 12.7. The molecule has 3 aromatic rings. The predicted octanol–water partition coefficient (Wildman–Crippen LogP) is 2.66. The van der Waals surface area contributed by atoms with Crippen molar-refractivity contribution >= 4 is 5.91 Å². The minimum absolute atomic E-state index is 0.0770. The summed E-state index contributed by atoms with van der Waals surface area (Å²) in [5.41, 5.74) is 1.18. The van der Waals surface area contributed by atoms with Crippen molar-refractivity contribution in [1.29, 1.82) is 0 Å². The highest BCUT2D eigenvalue weighted by Gasteiger charge is 2.39. The smallest absolute Gasteiger partial charge is 0.278 e. The standard InChI is InChI=1S/C26H25N3O5/c1-33-16-19-10-7-15-34-22-12-6-5-11-20(22)23(18-8-3-2-4-9-18)29-17-27(19)26(32)24-25(31)21(30)13-14-28(24)29/h2-14,19,23,31H,15-17H2,1H3/b10-7-/t19-,23-/m0/s1. The van der Waals surface area contributed by atoms with Crippen LogP contribution in [-0.2, 0) is 4.74 Å². The van der Waals surface area contributed by atoms with E-state index in [4.69, 9.17) is 9.47 Å². The molecule has 8 nitrogen and oxygen atoms in total. The molecule has 2 aromatic carbocycles. The monoisotopic (exact) mass is 459 g/mol. The summed E-state index contributed by atoms with van der Waals surface area (Å²) in [5.74, 6) is -0.312. The second-order valence-electron chi connectivity index (χ2n) is 8.19. The number of nitrogens with zero attached hydrogens (tertiary/aromatic N) is 3. The van der Waals surface area contributed by atoms with Gasteiger partial charge in [0.1, 0.15) is 25.1 Å². The summed E-state index contributed by atoms with van der Waals surface area (Å²) in [6.07, 6.45) is 5.25. The molecule has 1 aromatic heterocycles. The van der Waals surface area contributed by atoms with Crippen molar-refractivity contribution in [3.63, 3.8) is 0 Å². The Bertz CT molecular complexity index is 1290. The van der Waals surface area contributed by atoms with Crippen molar-refractivity contribution < 1.29 is 19.4 Å². The minimum atomic E-state index is -0.607. The van der Waals surface area contributed by atoms with Gasteiger partial charge < -0.3 is 19.5 Å². The Morgan fingerprint density at radius 3 is 2.62 bits per heavy atom. The zero-order chi connectivity index (χ0) is 23.7. The summed E-state index contributed by atoms with van der Waals surface area (Å²) in [4.78, 5) is 27.5. The Morgan fingerprint density at radius 2 is 1.82 bits per heavy atom. The van der Waals surface area contributed by atoms with Crippen molar-refractivity contribution in [3.8, 4) is 11.5 Å². The Kier molecular flexibility index (Phi) is 5.81. The maximum atomic E-state index is 13.6. The average molecular weight is 460 g/mol. The van der Waals surface area contributed by atoms with Crippen molar-refractivity contribution in [2.45, 2.75) is 12.1 Å². The lowest BCUT2D eigenvalue weighted by Gasteiger charge is -2.45. The first kappa shape index (κ1) is 21.8. The molecule has 0 radical (unpaired) electrons. The Morgan fingerprint density at radius 1 is 1.06 bits per heavy atom. The van der Waals surface area contributed by atoms with E-state index >= 15 is 0 Å². The number of para-hydroxylation sites is 1. The number of hydrogen-bond acceptors (Lipinski definition) is 6. The number of methoxy groups -OCH3 is 1. The lowest BCUT2D eigenvalue weighted by molar-refractivity contribution is 0.0518. The van der Waals surface area contributed by atoms with Crippen LogP contribution < -0.4 is 15.2 Å². The zero-order valence-electron chi connectivity index (χ0n) is 18.7. The molecule has 174 valence electrons. The molecular weight excluding hydrogens is 434 g/mol. The van der Waals surface area contributed by atoms with Gasteiger partial charge >= 0.3 is 0 Å². The summed E-state index contributed by atoms with van der Waals surface area (Å²) in [6, 6.07) is 18.1. The first-order valence-electron chi connectivity index (χ1n) is 11.0. The van der Waals surface area contributed by atoms with E-state index in [-0.39, 0.29) is 25.0 Å². The fraction of sp³-hybridized carbons (Fsp3) is 0.231.